The van der Waals surface area contributed by atoms with Crippen molar-refractivity contribution in [2.24, 2.45) is 5.92 Å². The van der Waals surface area contributed by atoms with Crippen LogP contribution in [0.3, 0.4) is 0 Å². The van der Waals surface area contributed by atoms with E-state index in [1.165, 1.54) is 23.6 Å². The quantitative estimate of drug-likeness (QED) is 0.503. The van der Waals surface area contributed by atoms with Crippen molar-refractivity contribution >= 4 is 33.4 Å². The van der Waals surface area contributed by atoms with E-state index in [1.807, 2.05) is 13.2 Å². The Hall–Kier alpha value is -2.19. The van der Waals surface area contributed by atoms with Gasteiger partial charge in [0.15, 0.2) is 0 Å². The maximum Gasteiger partial charge on any atom is 0.264 e. The van der Waals surface area contributed by atoms with Gasteiger partial charge in [0.25, 0.3) is 10.0 Å². The number of hydrogen-bond donors (Lipinski definition) is 1. The molecular weight excluding hydrogens is 444 g/mol. The Labute approximate surface area is 195 Å². The number of rotatable bonds is 10. The van der Waals surface area contributed by atoms with Gasteiger partial charge in [-0.3, -0.25) is 9.10 Å². The number of carbonyl (C=O) groups is 1. The molecule has 1 aliphatic rings. The van der Waals surface area contributed by atoms with E-state index < -0.39 is 10.0 Å². The van der Waals surface area contributed by atoms with E-state index >= 15 is 0 Å². The largest absolute Gasteiger partial charge is 0.494 e. The van der Waals surface area contributed by atoms with Gasteiger partial charge in [-0.2, -0.15) is 0 Å². The minimum Gasteiger partial charge on any atom is -0.494 e. The highest BCUT2D eigenvalue weighted by molar-refractivity contribution is 7.98. The van der Waals surface area contributed by atoms with Crippen molar-refractivity contribution in [3.8, 4) is 5.75 Å². The SMILES string of the molecule is CCOc1ccc(N(CC(=O)NCC2CCCCC2)S(=O)(=O)c2ccc(SC)cc2)cc1. The average Bonchev–Trinajstić information content (AvgIpc) is 2.82. The molecule has 0 heterocycles. The summed E-state index contributed by atoms with van der Waals surface area (Å²) in [7, 11) is -3.92. The van der Waals surface area contributed by atoms with Crippen LogP contribution in [0.5, 0.6) is 5.75 Å². The summed E-state index contributed by atoms with van der Waals surface area (Å²) in [5.41, 5.74) is 0.426. The highest BCUT2D eigenvalue weighted by Gasteiger charge is 2.27. The standard InChI is InChI=1S/C24H32N2O4S2/c1-3-30-21-11-9-20(10-12-21)26(18-24(27)25-17-19-7-5-4-6-8-19)32(28,29)23-15-13-22(31-2)14-16-23/h9-16,19H,3-8,17-18H2,1-2H3,(H,25,27). The van der Waals surface area contributed by atoms with Crippen LogP contribution in [0.25, 0.3) is 0 Å². The number of sulfonamides is 1. The van der Waals surface area contributed by atoms with Crippen LogP contribution < -0.4 is 14.4 Å². The van der Waals surface area contributed by atoms with Crippen LogP contribution in [0.1, 0.15) is 39.0 Å². The molecule has 1 aliphatic carbocycles. The predicted molar refractivity (Wildman–Crippen MR) is 130 cm³/mol. The molecule has 0 atom stereocenters. The minimum atomic E-state index is -3.92. The molecule has 2 aromatic rings. The van der Waals surface area contributed by atoms with E-state index in [0.29, 0.717) is 30.5 Å². The summed E-state index contributed by atoms with van der Waals surface area (Å²) in [6.07, 6.45) is 7.81. The van der Waals surface area contributed by atoms with Crippen molar-refractivity contribution in [2.45, 2.75) is 48.8 Å². The lowest BCUT2D eigenvalue weighted by atomic mass is 9.89. The smallest absolute Gasteiger partial charge is 0.264 e. The minimum absolute atomic E-state index is 0.157. The number of amides is 1. The lowest BCUT2D eigenvalue weighted by molar-refractivity contribution is -0.119. The third-order valence-electron chi connectivity index (χ3n) is 5.68. The highest BCUT2D eigenvalue weighted by Crippen LogP contribution is 2.27. The lowest BCUT2D eigenvalue weighted by Crippen LogP contribution is -2.42. The topological polar surface area (TPSA) is 75.7 Å². The van der Waals surface area contributed by atoms with Crippen LogP contribution in [0.4, 0.5) is 5.69 Å². The Balaban J connectivity index is 1.81. The van der Waals surface area contributed by atoms with Crippen LogP contribution in [0.2, 0.25) is 0 Å². The molecule has 1 fully saturated rings. The van der Waals surface area contributed by atoms with Crippen LogP contribution in [0.15, 0.2) is 58.3 Å². The summed E-state index contributed by atoms with van der Waals surface area (Å²) >= 11 is 1.54. The predicted octanol–water partition coefficient (Wildman–Crippen LogP) is 4.70. The molecule has 0 bridgehead atoms. The molecule has 0 spiro atoms. The van der Waals surface area contributed by atoms with Gasteiger partial charge in [-0.05, 0) is 80.5 Å². The van der Waals surface area contributed by atoms with Crippen molar-refractivity contribution in [3.05, 3.63) is 48.5 Å². The normalized spacial score (nSPS) is 14.7. The molecule has 3 rings (SSSR count). The summed E-state index contributed by atoms with van der Waals surface area (Å²) in [6.45, 7) is 2.73. The zero-order valence-corrected chi connectivity index (χ0v) is 20.4. The molecule has 0 aromatic heterocycles. The van der Waals surface area contributed by atoms with Crippen molar-refractivity contribution in [3.63, 3.8) is 0 Å². The fraction of sp³-hybridized carbons (Fsp3) is 0.458. The third kappa shape index (κ3) is 6.42. The van der Waals surface area contributed by atoms with Crippen molar-refractivity contribution in [2.75, 3.05) is 30.3 Å². The van der Waals surface area contributed by atoms with Gasteiger partial charge in [0.05, 0.1) is 17.2 Å². The molecule has 8 heteroatoms. The number of ether oxygens (including phenoxy) is 1. The van der Waals surface area contributed by atoms with E-state index in [4.69, 9.17) is 4.74 Å². The van der Waals surface area contributed by atoms with Gasteiger partial charge in [-0.1, -0.05) is 19.3 Å². The first-order valence-electron chi connectivity index (χ1n) is 11.1. The first kappa shape index (κ1) is 24.5. The van der Waals surface area contributed by atoms with Crippen molar-refractivity contribution < 1.29 is 17.9 Å². The Morgan fingerprint density at radius 3 is 2.31 bits per heavy atom. The van der Waals surface area contributed by atoms with Gasteiger partial charge >= 0.3 is 0 Å². The van der Waals surface area contributed by atoms with E-state index in [1.54, 1.807) is 60.3 Å². The highest BCUT2D eigenvalue weighted by atomic mass is 32.2. The first-order chi connectivity index (χ1) is 15.4. The summed E-state index contributed by atoms with van der Waals surface area (Å²) in [5.74, 6) is 0.829. The van der Waals surface area contributed by atoms with Gasteiger partial charge in [-0.25, -0.2) is 8.42 Å². The molecule has 6 nitrogen and oxygen atoms in total. The number of nitrogens with one attached hydrogen (secondary N) is 1. The molecule has 1 N–H and O–H groups in total. The van der Waals surface area contributed by atoms with E-state index in [-0.39, 0.29) is 17.3 Å². The summed E-state index contributed by atoms with van der Waals surface area (Å²) < 4.78 is 33.6. The number of benzene rings is 2. The zero-order chi connectivity index (χ0) is 23.0. The molecule has 1 amide bonds. The number of hydrogen-bond acceptors (Lipinski definition) is 5. The molecular formula is C24H32N2O4S2. The molecule has 32 heavy (non-hydrogen) atoms. The van der Waals surface area contributed by atoms with Crippen LogP contribution >= 0.6 is 11.8 Å². The molecule has 1 saturated carbocycles. The monoisotopic (exact) mass is 476 g/mol. The zero-order valence-electron chi connectivity index (χ0n) is 18.7. The maximum absolute atomic E-state index is 13.5. The Bertz CT molecular complexity index is 970. The van der Waals surface area contributed by atoms with Crippen LogP contribution in [-0.4, -0.2) is 40.3 Å². The van der Waals surface area contributed by atoms with Gasteiger partial charge in [-0.15, -0.1) is 11.8 Å². The third-order valence-corrected chi connectivity index (χ3v) is 8.21. The van der Waals surface area contributed by atoms with E-state index in [9.17, 15) is 13.2 Å². The van der Waals surface area contributed by atoms with Gasteiger partial charge in [0, 0.05) is 11.4 Å². The van der Waals surface area contributed by atoms with E-state index in [2.05, 4.69) is 5.32 Å². The molecule has 0 aliphatic heterocycles. The number of carbonyl (C=O) groups excluding carboxylic acids is 1. The number of anilines is 1. The second-order valence-electron chi connectivity index (χ2n) is 7.92. The molecule has 0 saturated heterocycles. The summed E-state index contributed by atoms with van der Waals surface area (Å²) in [6, 6.07) is 13.5. The maximum atomic E-state index is 13.5. The lowest BCUT2D eigenvalue weighted by Gasteiger charge is -2.26. The second kappa shape index (κ2) is 11.6. The number of nitrogens with zero attached hydrogens (tertiary/aromatic N) is 1. The molecule has 0 radical (unpaired) electrons. The van der Waals surface area contributed by atoms with Crippen LogP contribution in [0, 0.1) is 5.92 Å². The van der Waals surface area contributed by atoms with Crippen LogP contribution in [-0.2, 0) is 14.8 Å². The van der Waals surface area contributed by atoms with Gasteiger partial charge in [0.1, 0.15) is 12.3 Å². The Kier molecular flexibility index (Phi) is 8.87. The first-order valence-corrected chi connectivity index (χ1v) is 13.8. The van der Waals surface area contributed by atoms with Gasteiger partial charge in [0.2, 0.25) is 5.91 Å². The Morgan fingerprint density at radius 1 is 1.06 bits per heavy atom. The van der Waals surface area contributed by atoms with E-state index in [0.717, 1.165) is 17.7 Å². The number of thioether (sulfide) groups is 1. The fourth-order valence-electron chi connectivity index (χ4n) is 3.90. The molecule has 174 valence electrons. The summed E-state index contributed by atoms with van der Waals surface area (Å²) in [5, 5.41) is 2.95. The van der Waals surface area contributed by atoms with Crippen molar-refractivity contribution in [1.82, 2.24) is 5.32 Å². The van der Waals surface area contributed by atoms with Gasteiger partial charge < -0.3 is 10.1 Å². The fourth-order valence-corrected chi connectivity index (χ4v) is 5.73. The van der Waals surface area contributed by atoms with Crippen molar-refractivity contribution in [1.29, 1.82) is 0 Å². The second-order valence-corrected chi connectivity index (χ2v) is 10.7. The summed E-state index contributed by atoms with van der Waals surface area (Å²) in [4.78, 5) is 13.9. The average molecular weight is 477 g/mol. The molecule has 0 unspecified atom stereocenters. The molecule has 2 aromatic carbocycles. The Morgan fingerprint density at radius 2 is 1.72 bits per heavy atom.